The number of hydrogen-bond donors (Lipinski definition) is 3. The topological polar surface area (TPSA) is 59.4 Å². The SMILES string of the molecule is C[n+]1ccc(Nc2c(Br)ccc[n+]2C)cc1.C[n+]1ccc(Nc2cccc[n+]2C)cc1.C[n+]1ccc(Nc2cccc[n+]2C)cc1.ClI.[Cl-].[Cl-].[Cl-].[Cl-].[Cl-].[Cl-]. The number of rotatable bonds is 6. The summed E-state index contributed by atoms with van der Waals surface area (Å²) in [6.07, 6.45) is 18.2. The van der Waals surface area contributed by atoms with Crippen LogP contribution in [0.4, 0.5) is 34.5 Å². The molecule has 0 unspecified atom stereocenters. The van der Waals surface area contributed by atoms with E-state index in [1.165, 1.54) is 0 Å². The monoisotopic (exact) mass is 1050 g/mol. The maximum absolute atomic E-state index is 4.61. The minimum Gasteiger partial charge on any atom is -1.00 e. The van der Waals surface area contributed by atoms with Crippen molar-refractivity contribution in [2.75, 3.05) is 16.0 Å². The van der Waals surface area contributed by atoms with Crippen LogP contribution in [0.3, 0.4) is 0 Å². The van der Waals surface area contributed by atoms with Crippen molar-refractivity contribution in [2.45, 2.75) is 0 Å². The predicted octanol–water partition coefficient (Wildman–Crippen LogP) is -12.4. The zero-order valence-electron chi connectivity index (χ0n) is 30.4. The van der Waals surface area contributed by atoms with Crippen LogP contribution in [0.5, 0.6) is 0 Å². The van der Waals surface area contributed by atoms with E-state index in [0.717, 1.165) is 39.0 Å². The molecule has 0 bridgehead atoms. The number of halogens is 9. The number of aryl methyl sites for hydroxylation is 6. The van der Waals surface area contributed by atoms with E-state index < -0.39 is 0 Å². The van der Waals surface area contributed by atoms with Gasteiger partial charge in [-0.15, -0.1) is 0 Å². The zero-order valence-corrected chi connectivity index (χ0v) is 39.4. The predicted molar refractivity (Wildman–Crippen MR) is 203 cm³/mol. The van der Waals surface area contributed by atoms with Gasteiger partial charge in [0, 0.05) is 70.0 Å². The molecule has 6 rings (SSSR count). The van der Waals surface area contributed by atoms with Crippen LogP contribution in [0.15, 0.2) is 145 Å². The Morgan fingerprint density at radius 1 is 0.407 bits per heavy atom. The Morgan fingerprint density at radius 2 is 0.722 bits per heavy atom. The van der Waals surface area contributed by atoms with Crippen molar-refractivity contribution in [3.05, 3.63) is 145 Å². The van der Waals surface area contributed by atoms with Gasteiger partial charge in [0.05, 0.1) is 39.7 Å². The normalized spacial score (nSPS) is 8.69. The summed E-state index contributed by atoms with van der Waals surface area (Å²) in [7, 11) is 16.7. The van der Waals surface area contributed by atoms with Crippen molar-refractivity contribution in [2.24, 2.45) is 42.3 Å². The average molecular weight is 1060 g/mol. The lowest BCUT2D eigenvalue weighted by Gasteiger charge is -2.03. The van der Waals surface area contributed by atoms with Crippen LogP contribution in [0.2, 0.25) is 0 Å². The molecule has 0 saturated heterocycles. The molecule has 54 heavy (non-hydrogen) atoms. The van der Waals surface area contributed by atoms with Gasteiger partial charge in [0.1, 0.15) is 42.7 Å². The van der Waals surface area contributed by atoms with Gasteiger partial charge >= 0.3 is 0 Å². The molecule has 3 N–H and O–H groups in total. The molecular weight excluding hydrogens is 1010 g/mol. The minimum atomic E-state index is 0. The van der Waals surface area contributed by atoms with E-state index in [9.17, 15) is 0 Å². The molecule has 296 valence electrons. The molecule has 0 spiro atoms. The maximum atomic E-state index is 4.61. The summed E-state index contributed by atoms with van der Waals surface area (Å²) in [4.78, 5) is 0. The molecule has 0 amide bonds. The van der Waals surface area contributed by atoms with E-state index in [-0.39, 0.29) is 74.4 Å². The molecule has 9 nitrogen and oxygen atoms in total. The largest absolute Gasteiger partial charge is 1.00 e. The highest BCUT2D eigenvalue weighted by Crippen LogP contribution is 2.20. The molecule has 0 saturated carbocycles. The first kappa shape index (κ1) is 58.3. The van der Waals surface area contributed by atoms with Gasteiger partial charge in [-0.05, 0) is 49.1 Å². The summed E-state index contributed by atoms with van der Waals surface area (Å²) in [6, 6.07) is 28.5. The van der Waals surface area contributed by atoms with Crippen LogP contribution >= 0.6 is 46.3 Å². The second-order valence-corrected chi connectivity index (χ2v) is 11.7. The van der Waals surface area contributed by atoms with Gasteiger partial charge in [-0.3, -0.25) is 0 Å². The second kappa shape index (κ2) is 31.7. The van der Waals surface area contributed by atoms with Gasteiger partial charge in [-0.25, -0.2) is 43.4 Å². The van der Waals surface area contributed by atoms with Crippen LogP contribution in [0.1, 0.15) is 0 Å². The number of nitrogens with zero attached hydrogens (tertiary/aromatic N) is 6. The number of nitrogens with one attached hydrogen (secondary N) is 3. The molecular formula is C36H44BrCl7IN9. The first-order chi connectivity index (χ1) is 23.2. The summed E-state index contributed by atoms with van der Waals surface area (Å²) >= 11 is 5.15. The first-order valence-corrected chi connectivity index (χ1v) is 18.5. The highest BCUT2D eigenvalue weighted by molar-refractivity contribution is 14.1. The van der Waals surface area contributed by atoms with E-state index in [4.69, 9.17) is 0 Å². The summed E-state index contributed by atoms with van der Waals surface area (Å²) in [5.74, 6) is 3.19. The van der Waals surface area contributed by atoms with Gasteiger partial charge < -0.3 is 74.4 Å². The van der Waals surface area contributed by atoms with Gasteiger partial charge in [-0.1, -0.05) is 12.1 Å². The third-order valence-corrected chi connectivity index (χ3v) is 7.62. The summed E-state index contributed by atoms with van der Waals surface area (Å²) in [6.45, 7) is 0. The lowest BCUT2D eigenvalue weighted by Crippen LogP contribution is -3.00. The van der Waals surface area contributed by atoms with Crippen molar-refractivity contribution in [3.63, 3.8) is 0 Å². The standard InChI is InChI=1S/C12H13BrN3.2C12H14N3.ClI.6ClH/c1-15-8-5-10(6-9-15)14-12-11(13)4-3-7-16(12)2;2*1-14-9-6-11(7-10-14)13-12-5-3-4-8-15(12)2;1-2;;;;;;/h3-9H,1-2H3;2*3-10H,1-2H3;;6*1H/q3*+1;;;;;;;/p-3. The lowest BCUT2D eigenvalue weighted by molar-refractivity contribution is -0.671. The van der Waals surface area contributed by atoms with E-state index >= 15 is 0 Å². The van der Waals surface area contributed by atoms with E-state index in [1.807, 2.05) is 210 Å². The number of aromatic nitrogens is 6. The zero-order chi connectivity index (χ0) is 34.9. The highest BCUT2D eigenvalue weighted by Gasteiger charge is 2.12. The van der Waals surface area contributed by atoms with Gasteiger partial charge in [0.25, 0.3) is 17.5 Å². The van der Waals surface area contributed by atoms with Crippen LogP contribution in [-0.4, -0.2) is 0 Å². The molecule has 0 aromatic carbocycles. The molecule has 0 aliphatic heterocycles. The van der Waals surface area contributed by atoms with E-state index in [2.05, 4.69) is 40.8 Å². The molecule has 18 heteroatoms. The molecule has 0 atom stereocenters. The first-order valence-electron chi connectivity index (χ1n) is 15.0. The van der Waals surface area contributed by atoms with Crippen LogP contribution < -0.4 is 118 Å². The smallest absolute Gasteiger partial charge is 0.293 e. The Balaban J connectivity index is -0.000000322. The minimum absolute atomic E-state index is 0. The van der Waals surface area contributed by atoms with Crippen molar-refractivity contribution in [3.8, 4) is 0 Å². The third kappa shape index (κ3) is 20.5. The average Bonchev–Trinajstić information content (AvgIpc) is 3.09. The molecule has 0 aliphatic carbocycles. The molecule has 6 aromatic heterocycles. The molecule has 0 aliphatic rings. The Morgan fingerprint density at radius 3 is 1.04 bits per heavy atom. The summed E-state index contributed by atoms with van der Waals surface area (Å²) in [5, 5.41) is 10.1. The van der Waals surface area contributed by atoms with Crippen molar-refractivity contribution in [1.29, 1.82) is 0 Å². The fourth-order valence-electron chi connectivity index (χ4n) is 4.22. The van der Waals surface area contributed by atoms with Crippen LogP contribution in [0.25, 0.3) is 0 Å². The maximum Gasteiger partial charge on any atom is 0.293 e. The van der Waals surface area contributed by atoms with Gasteiger partial charge in [-0.2, -0.15) is 0 Å². The molecule has 0 radical (unpaired) electrons. The Labute approximate surface area is 382 Å². The van der Waals surface area contributed by atoms with Crippen molar-refractivity contribution >= 4 is 80.8 Å². The molecule has 6 heterocycles. The number of hydrogen-bond acceptors (Lipinski definition) is 3. The Hall–Kier alpha value is -2.46. The quantitative estimate of drug-likeness (QED) is 0.115. The number of anilines is 6. The molecule has 6 aromatic rings. The van der Waals surface area contributed by atoms with E-state index in [1.54, 1.807) is 21.5 Å². The van der Waals surface area contributed by atoms with Crippen LogP contribution in [-0.2, 0) is 42.3 Å². The summed E-state index contributed by atoms with van der Waals surface area (Å²) < 4.78 is 13.2. The van der Waals surface area contributed by atoms with Crippen molar-refractivity contribution < 1.29 is 102 Å². The second-order valence-electron chi connectivity index (χ2n) is 10.8. The van der Waals surface area contributed by atoms with Crippen molar-refractivity contribution in [1.82, 2.24) is 0 Å². The van der Waals surface area contributed by atoms with Gasteiger partial charge in [0.2, 0.25) is 0 Å². The van der Waals surface area contributed by atoms with Gasteiger partial charge in [0.15, 0.2) is 37.2 Å². The Kier molecular flexibility index (Phi) is 34.2. The fraction of sp³-hybridized carbons (Fsp3) is 0.167. The number of pyridine rings is 6. The Bertz CT molecular complexity index is 1750. The fourth-order valence-corrected chi connectivity index (χ4v) is 4.75. The van der Waals surface area contributed by atoms with Crippen LogP contribution in [0, 0.1) is 0 Å². The summed E-state index contributed by atoms with van der Waals surface area (Å²) in [5.41, 5.74) is 3.26. The third-order valence-electron chi connectivity index (χ3n) is 6.98. The highest BCUT2D eigenvalue weighted by atomic mass is 127. The molecule has 0 fully saturated rings. The van der Waals surface area contributed by atoms with E-state index in [0.29, 0.717) is 0 Å². The lowest BCUT2D eigenvalue weighted by atomic mass is 10.4.